The summed E-state index contributed by atoms with van der Waals surface area (Å²) in [5, 5.41) is 0. The number of piperidine rings is 1. The summed E-state index contributed by atoms with van der Waals surface area (Å²) in [6.07, 6.45) is 3.33. The van der Waals surface area contributed by atoms with Gasteiger partial charge in [0.05, 0.1) is 5.56 Å². The minimum absolute atomic E-state index is 0.181. The van der Waals surface area contributed by atoms with Crippen molar-refractivity contribution in [2.45, 2.75) is 33.1 Å². The van der Waals surface area contributed by atoms with Gasteiger partial charge in [-0.1, -0.05) is 30.3 Å². The zero-order chi connectivity index (χ0) is 15.5. The van der Waals surface area contributed by atoms with Gasteiger partial charge < -0.3 is 9.88 Å². The molecule has 1 amide bonds. The highest BCUT2D eigenvalue weighted by atomic mass is 16.2. The fourth-order valence-electron chi connectivity index (χ4n) is 3.40. The second kappa shape index (κ2) is 6.39. The maximum Gasteiger partial charge on any atom is 0.255 e. The van der Waals surface area contributed by atoms with Gasteiger partial charge in [-0.3, -0.25) is 4.79 Å². The Labute approximate surface area is 132 Å². The number of H-pyrrole nitrogens is 1. The minimum atomic E-state index is 0.181. The number of amides is 1. The number of nitrogens with one attached hydrogen (secondary N) is 1. The molecule has 1 saturated heterocycles. The summed E-state index contributed by atoms with van der Waals surface area (Å²) in [4.78, 5) is 17.8. The van der Waals surface area contributed by atoms with Gasteiger partial charge in [0.1, 0.15) is 0 Å². The molecule has 0 radical (unpaired) electrons. The molecule has 22 heavy (non-hydrogen) atoms. The van der Waals surface area contributed by atoms with E-state index in [-0.39, 0.29) is 5.91 Å². The Morgan fingerprint density at radius 2 is 1.86 bits per heavy atom. The van der Waals surface area contributed by atoms with Gasteiger partial charge in [0.15, 0.2) is 0 Å². The molecule has 1 N–H and O–H groups in total. The Morgan fingerprint density at radius 1 is 1.18 bits per heavy atom. The van der Waals surface area contributed by atoms with Gasteiger partial charge in [-0.2, -0.15) is 0 Å². The lowest BCUT2D eigenvalue weighted by Crippen LogP contribution is -2.39. The van der Waals surface area contributed by atoms with Crippen molar-refractivity contribution in [3.05, 3.63) is 58.9 Å². The van der Waals surface area contributed by atoms with Crippen LogP contribution < -0.4 is 0 Å². The summed E-state index contributed by atoms with van der Waals surface area (Å²) in [6.45, 7) is 5.72. The number of carbonyl (C=O) groups excluding carboxylic acids is 1. The van der Waals surface area contributed by atoms with Crippen LogP contribution in [0, 0.1) is 19.8 Å². The molecule has 1 fully saturated rings. The number of rotatable bonds is 3. The molecule has 0 spiro atoms. The standard InChI is InChI=1S/C19H24N2O/c1-14-12-18(15(2)20-14)19(22)21-10-8-17(9-11-21)13-16-6-4-3-5-7-16/h3-7,12,17,20H,8-11,13H2,1-2H3. The lowest BCUT2D eigenvalue weighted by Gasteiger charge is -2.32. The fourth-order valence-corrected chi connectivity index (χ4v) is 3.40. The maximum absolute atomic E-state index is 12.6. The van der Waals surface area contributed by atoms with Crippen LogP contribution in [0.3, 0.4) is 0 Å². The second-order valence-electron chi connectivity index (χ2n) is 6.42. The van der Waals surface area contributed by atoms with E-state index < -0.39 is 0 Å². The monoisotopic (exact) mass is 296 g/mol. The van der Waals surface area contributed by atoms with Crippen molar-refractivity contribution in [1.82, 2.24) is 9.88 Å². The van der Waals surface area contributed by atoms with Crippen LogP contribution in [-0.4, -0.2) is 28.9 Å². The number of hydrogen-bond donors (Lipinski definition) is 1. The lowest BCUT2D eigenvalue weighted by atomic mass is 9.90. The summed E-state index contributed by atoms with van der Waals surface area (Å²) < 4.78 is 0. The third-order valence-electron chi connectivity index (χ3n) is 4.65. The number of aromatic nitrogens is 1. The summed E-state index contributed by atoms with van der Waals surface area (Å²) >= 11 is 0. The van der Waals surface area contributed by atoms with E-state index in [2.05, 4.69) is 35.3 Å². The number of carbonyl (C=O) groups is 1. The molecule has 0 aliphatic carbocycles. The lowest BCUT2D eigenvalue weighted by molar-refractivity contribution is 0.0690. The van der Waals surface area contributed by atoms with Gasteiger partial charge in [0.25, 0.3) is 5.91 Å². The van der Waals surface area contributed by atoms with Crippen molar-refractivity contribution in [2.24, 2.45) is 5.92 Å². The molecule has 3 heteroatoms. The Hall–Kier alpha value is -2.03. The topological polar surface area (TPSA) is 36.1 Å². The average Bonchev–Trinajstić information content (AvgIpc) is 2.87. The van der Waals surface area contributed by atoms with Crippen LogP contribution in [0.2, 0.25) is 0 Å². The third kappa shape index (κ3) is 3.24. The van der Waals surface area contributed by atoms with Crippen LogP contribution >= 0.6 is 0 Å². The van der Waals surface area contributed by atoms with Crippen molar-refractivity contribution in [3.8, 4) is 0 Å². The second-order valence-corrected chi connectivity index (χ2v) is 6.42. The molecule has 1 aliphatic rings. The van der Waals surface area contributed by atoms with E-state index in [0.717, 1.165) is 49.3 Å². The third-order valence-corrected chi connectivity index (χ3v) is 4.65. The predicted molar refractivity (Wildman–Crippen MR) is 89.0 cm³/mol. The Bertz CT molecular complexity index is 637. The van der Waals surface area contributed by atoms with Crippen molar-refractivity contribution in [3.63, 3.8) is 0 Å². The van der Waals surface area contributed by atoms with E-state index in [1.54, 1.807) is 0 Å². The van der Waals surface area contributed by atoms with Crippen LogP contribution in [0.25, 0.3) is 0 Å². The van der Waals surface area contributed by atoms with Crippen LogP contribution in [-0.2, 0) is 6.42 Å². The first-order chi connectivity index (χ1) is 10.6. The normalized spacial score (nSPS) is 16.0. The van der Waals surface area contributed by atoms with Crippen molar-refractivity contribution in [2.75, 3.05) is 13.1 Å². The molecule has 116 valence electrons. The van der Waals surface area contributed by atoms with E-state index in [0.29, 0.717) is 5.92 Å². The predicted octanol–water partition coefficient (Wildman–Crippen LogP) is 3.73. The number of aromatic amines is 1. The number of likely N-dealkylation sites (tertiary alicyclic amines) is 1. The molecule has 2 aromatic rings. The molecule has 2 heterocycles. The van der Waals surface area contributed by atoms with E-state index in [4.69, 9.17) is 0 Å². The highest BCUT2D eigenvalue weighted by molar-refractivity contribution is 5.95. The molecule has 3 nitrogen and oxygen atoms in total. The van der Waals surface area contributed by atoms with Gasteiger partial charge in [0.2, 0.25) is 0 Å². The molecule has 1 aliphatic heterocycles. The molecule has 3 rings (SSSR count). The highest BCUT2D eigenvalue weighted by Gasteiger charge is 2.25. The van der Waals surface area contributed by atoms with Crippen molar-refractivity contribution in [1.29, 1.82) is 0 Å². The Balaban J connectivity index is 1.57. The van der Waals surface area contributed by atoms with Gasteiger partial charge in [-0.05, 0) is 50.7 Å². The number of aryl methyl sites for hydroxylation is 2. The Kier molecular flexibility index (Phi) is 4.32. The molecular weight excluding hydrogens is 272 g/mol. The summed E-state index contributed by atoms with van der Waals surface area (Å²) in [7, 11) is 0. The molecule has 0 saturated carbocycles. The molecular formula is C19H24N2O. The van der Waals surface area contributed by atoms with Gasteiger partial charge in [-0.25, -0.2) is 0 Å². The quantitative estimate of drug-likeness (QED) is 0.920. The SMILES string of the molecule is Cc1cc(C(=O)N2CCC(Cc3ccccc3)CC2)c(C)[nH]1. The van der Waals surface area contributed by atoms with Crippen LogP contribution in [0.1, 0.15) is 40.2 Å². The summed E-state index contributed by atoms with van der Waals surface area (Å²) in [5.74, 6) is 0.875. The van der Waals surface area contributed by atoms with Gasteiger partial charge >= 0.3 is 0 Å². The molecule has 0 bridgehead atoms. The summed E-state index contributed by atoms with van der Waals surface area (Å²) in [5.41, 5.74) is 4.28. The fraction of sp³-hybridized carbons (Fsp3) is 0.421. The first kappa shape index (κ1) is 14.9. The van der Waals surface area contributed by atoms with Gasteiger partial charge in [0, 0.05) is 24.5 Å². The zero-order valence-corrected chi connectivity index (χ0v) is 13.4. The minimum Gasteiger partial charge on any atom is -0.362 e. The number of benzene rings is 1. The van der Waals surface area contributed by atoms with Crippen molar-refractivity contribution >= 4 is 5.91 Å². The van der Waals surface area contributed by atoms with Gasteiger partial charge in [-0.15, -0.1) is 0 Å². The van der Waals surface area contributed by atoms with E-state index in [1.807, 2.05) is 24.8 Å². The van der Waals surface area contributed by atoms with E-state index in [1.165, 1.54) is 5.56 Å². The average molecular weight is 296 g/mol. The number of hydrogen-bond acceptors (Lipinski definition) is 1. The van der Waals surface area contributed by atoms with Crippen LogP contribution in [0.15, 0.2) is 36.4 Å². The molecule has 1 aromatic heterocycles. The molecule has 1 aromatic carbocycles. The first-order valence-electron chi connectivity index (χ1n) is 8.13. The molecule has 0 unspecified atom stereocenters. The Morgan fingerprint density at radius 3 is 2.45 bits per heavy atom. The highest BCUT2D eigenvalue weighted by Crippen LogP contribution is 2.23. The smallest absolute Gasteiger partial charge is 0.255 e. The van der Waals surface area contributed by atoms with E-state index in [9.17, 15) is 4.79 Å². The largest absolute Gasteiger partial charge is 0.362 e. The van der Waals surface area contributed by atoms with E-state index >= 15 is 0 Å². The maximum atomic E-state index is 12.6. The van der Waals surface area contributed by atoms with Crippen LogP contribution in [0.5, 0.6) is 0 Å². The van der Waals surface area contributed by atoms with Crippen molar-refractivity contribution < 1.29 is 4.79 Å². The molecule has 0 atom stereocenters. The van der Waals surface area contributed by atoms with Crippen LogP contribution in [0.4, 0.5) is 0 Å². The summed E-state index contributed by atoms with van der Waals surface area (Å²) in [6, 6.07) is 12.6. The first-order valence-corrected chi connectivity index (χ1v) is 8.13. The zero-order valence-electron chi connectivity index (χ0n) is 13.4. The number of nitrogens with zero attached hydrogens (tertiary/aromatic N) is 1.